The fourth-order valence-electron chi connectivity index (χ4n) is 1.99. The SMILES string of the molecule is CCOC(=O)/C=C1\SCC(=O)N1CC(=O)N(C)Cc1ccsc1. The van der Waals surface area contributed by atoms with Crippen LogP contribution in [0.4, 0.5) is 0 Å². The monoisotopic (exact) mass is 354 g/mol. The van der Waals surface area contributed by atoms with E-state index in [4.69, 9.17) is 4.74 Å². The minimum Gasteiger partial charge on any atom is -0.463 e. The van der Waals surface area contributed by atoms with Crippen molar-refractivity contribution in [3.05, 3.63) is 33.5 Å². The molecular weight excluding hydrogens is 336 g/mol. The molecule has 8 heteroatoms. The van der Waals surface area contributed by atoms with Crippen molar-refractivity contribution in [2.75, 3.05) is 26.0 Å². The molecule has 6 nitrogen and oxygen atoms in total. The normalized spacial score (nSPS) is 16.0. The average molecular weight is 354 g/mol. The fraction of sp³-hybridized carbons (Fsp3) is 0.400. The molecule has 0 N–H and O–H groups in total. The summed E-state index contributed by atoms with van der Waals surface area (Å²) in [6.07, 6.45) is 1.27. The van der Waals surface area contributed by atoms with Crippen LogP contribution in [0.2, 0.25) is 0 Å². The van der Waals surface area contributed by atoms with E-state index in [1.165, 1.54) is 22.7 Å². The van der Waals surface area contributed by atoms with Gasteiger partial charge in [0.25, 0.3) is 0 Å². The molecule has 1 aromatic heterocycles. The number of hydrogen-bond acceptors (Lipinski definition) is 6. The maximum atomic E-state index is 12.3. The Labute approximate surface area is 143 Å². The Bertz CT molecular complexity index is 613. The van der Waals surface area contributed by atoms with Gasteiger partial charge in [0.2, 0.25) is 11.8 Å². The van der Waals surface area contributed by atoms with Crippen LogP contribution >= 0.6 is 23.1 Å². The lowest BCUT2D eigenvalue weighted by atomic mass is 10.3. The number of thioether (sulfide) groups is 1. The molecule has 1 aliphatic heterocycles. The molecule has 1 fully saturated rings. The van der Waals surface area contributed by atoms with Gasteiger partial charge in [0.15, 0.2) is 0 Å². The Morgan fingerprint density at radius 2 is 2.26 bits per heavy atom. The van der Waals surface area contributed by atoms with Crippen molar-refractivity contribution in [3.8, 4) is 0 Å². The molecule has 1 aliphatic rings. The van der Waals surface area contributed by atoms with Gasteiger partial charge < -0.3 is 9.64 Å². The first-order valence-corrected chi connectivity index (χ1v) is 9.00. The zero-order valence-electron chi connectivity index (χ0n) is 13.0. The molecule has 0 saturated carbocycles. The Morgan fingerprint density at radius 1 is 1.48 bits per heavy atom. The van der Waals surface area contributed by atoms with Gasteiger partial charge in [0, 0.05) is 13.6 Å². The highest BCUT2D eigenvalue weighted by atomic mass is 32.2. The number of carbonyl (C=O) groups is 3. The molecule has 1 saturated heterocycles. The van der Waals surface area contributed by atoms with E-state index in [1.807, 2.05) is 16.8 Å². The number of thiophene rings is 1. The van der Waals surface area contributed by atoms with Gasteiger partial charge in [-0.05, 0) is 29.3 Å². The number of amides is 2. The number of likely N-dealkylation sites (N-methyl/N-ethyl adjacent to an activating group) is 1. The second kappa shape index (κ2) is 8.16. The molecular formula is C15H18N2O4S2. The average Bonchev–Trinajstić information content (AvgIpc) is 3.12. The van der Waals surface area contributed by atoms with Crippen molar-refractivity contribution in [2.24, 2.45) is 0 Å². The summed E-state index contributed by atoms with van der Waals surface area (Å²) >= 11 is 2.81. The minimum atomic E-state index is -0.506. The fourth-order valence-corrected chi connectivity index (χ4v) is 3.57. The summed E-state index contributed by atoms with van der Waals surface area (Å²) in [6.45, 7) is 2.40. The number of hydrogen-bond donors (Lipinski definition) is 0. The van der Waals surface area contributed by atoms with Gasteiger partial charge in [-0.3, -0.25) is 14.5 Å². The Kier molecular flexibility index (Phi) is 6.23. The largest absolute Gasteiger partial charge is 0.463 e. The van der Waals surface area contributed by atoms with Crippen molar-refractivity contribution >= 4 is 40.9 Å². The van der Waals surface area contributed by atoms with E-state index in [1.54, 1.807) is 30.2 Å². The quantitative estimate of drug-likeness (QED) is 0.574. The van der Waals surface area contributed by atoms with E-state index in [0.717, 1.165) is 5.56 Å². The lowest BCUT2D eigenvalue weighted by Gasteiger charge is -2.21. The van der Waals surface area contributed by atoms with Gasteiger partial charge in [-0.25, -0.2) is 4.79 Å². The maximum Gasteiger partial charge on any atom is 0.333 e. The lowest BCUT2D eigenvalue weighted by molar-refractivity contribution is -0.138. The van der Waals surface area contributed by atoms with E-state index in [9.17, 15) is 14.4 Å². The van der Waals surface area contributed by atoms with Crippen molar-refractivity contribution in [1.29, 1.82) is 0 Å². The van der Waals surface area contributed by atoms with E-state index in [0.29, 0.717) is 11.6 Å². The predicted molar refractivity (Wildman–Crippen MR) is 89.7 cm³/mol. The first-order chi connectivity index (χ1) is 11.0. The lowest BCUT2D eigenvalue weighted by Crippen LogP contribution is -2.38. The summed E-state index contributed by atoms with van der Waals surface area (Å²) in [6, 6.07) is 1.96. The van der Waals surface area contributed by atoms with Gasteiger partial charge in [0.05, 0.1) is 23.5 Å². The molecule has 2 amide bonds. The van der Waals surface area contributed by atoms with Crippen LogP contribution in [0.5, 0.6) is 0 Å². The smallest absolute Gasteiger partial charge is 0.333 e. The molecule has 0 aliphatic carbocycles. The molecule has 0 bridgehead atoms. The Hall–Kier alpha value is -1.80. The van der Waals surface area contributed by atoms with Crippen LogP contribution in [0, 0.1) is 0 Å². The van der Waals surface area contributed by atoms with Crippen LogP contribution in [0.25, 0.3) is 0 Å². The van der Waals surface area contributed by atoms with Crippen LogP contribution in [0.1, 0.15) is 12.5 Å². The van der Waals surface area contributed by atoms with E-state index in [2.05, 4.69) is 0 Å². The molecule has 23 heavy (non-hydrogen) atoms. The third-order valence-electron chi connectivity index (χ3n) is 3.16. The number of esters is 1. The molecule has 0 aromatic carbocycles. The van der Waals surface area contributed by atoms with Crippen LogP contribution in [-0.2, 0) is 25.7 Å². The first kappa shape index (κ1) is 17.6. The summed E-state index contributed by atoms with van der Waals surface area (Å²) in [7, 11) is 1.70. The second-order valence-corrected chi connectivity index (χ2v) is 6.66. The molecule has 0 atom stereocenters. The van der Waals surface area contributed by atoms with E-state index in [-0.39, 0.29) is 30.7 Å². The van der Waals surface area contributed by atoms with Crippen LogP contribution < -0.4 is 0 Å². The number of ether oxygens (including phenoxy) is 1. The van der Waals surface area contributed by atoms with Crippen LogP contribution in [-0.4, -0.2) is 53.5 Å². The van der Waals surface area contributed by atoms with E-state index >= 15 is 0 Å². The summed E-state index contributed by atoms with van der Waals surface area (Å²) in [5.41, 5.74) is 1.05. The summed E-state index contributed by atoms with van der Waals surface area (Å²) < 4.78 is 4.85. The molecule has 2 heterocycles. The predicted octanol–water partition coefficient (Wildman–Crippen LogP) is 1.69. The van der Waals surface area contributed by atoms with Gasteiger partial charge >= 0.3 is 5.97 Å². The summed E-state index contributed by atoms with van der Waals surface area (Å²) in [5, 5.41) is 4.40. The van der Waals surface area contributed by atoms with Gasteiger partial charge in [-0.15, -0.1) is 0 Å². The Balaban J connectivity index is 1.99. The molecule has 0 radical (unpaired) electrons. The third-order valence-corrected chi connectivity index (χ3v) is 4.91. The van der Waals surface area contributed by atoms with Gasteiger partial charge in [-0.2, -0.15) is 11.3 Å². The zero-order chi connectivity index (χ0) is 16.8. The van der Waals surface area contributed by atoms with Crippen LogP contribution in [0.3, 0.4) is 0 Å². The third kappa shape index (κ3) is 4.84. The van der Waals surface area contributed by atoms with E-state index < -0.39 is 5.97 Å². The summed E-state index contributed by atoms with van der Waals surface area (Å²) in [4.78, 5) is 38.7. The topological polar surface area (TPSA) is 66.9 Å². The highest BCUT2D eigenvalue weighted by molar-refractivity contribution is 8.04. The first-order valence-electron chi connectivity index (χ1n) is 7.08. The van der Waals surface area contributed by atoms with Crippen molar-refractivity contribution in [1.82, 2.24) is 9.80 Å². The molecule has 0 unspecified atom stereocenters. The maximum absolute atomic E-state index is 12.3. The van der Waals surface area contributed by atoms with Crippen molar-refractivity contribution < 1.29 is 19.1 Å². The summed E-state index contributed by atoms with van der Waals surface area (Å²) in [5.74, 6) is -0.634. The molecule has 0 spiro atoms. The number of carbonyl (C=O) groups excluding carboxylic acids is 3. The standard InChI is InChI=1S/C15H18N2O4S2/c1-3-21-15(20)6-14-17(13(19)10-23-14)8-12(18)16(2)7-11-4-5-22-9-11/h4-6,9H,3,7-8,10H2,1-2H3/b14-6-. The number of nitrogens with zero attached hydrogens (tertiary/aromatic N) is 2. The highest BCUT2D eigenvalue weighted by Crippen LogP contribution is 2.28. The molecule has 2 rings (SSSR count). The molecule has 124 valence electrons. The second-order valence-electron chi connectivity index (χ2n) is 4.88. The van der Waals surface area contributed by atoms with Gasteiger partial charge in [0.1, 0.15) is 6.54 Å². The van der Waals surface area contributed by atoms with Crippen molar-refractivity contribution in [2.45, 2.75) is 13.5 Å². The van der Waals surface area contributed by atoms with Gasteiger partial charge in [-0.1, -0.05) is 11.8 Å². The highest BCUT2D eigenvalue weighted by Gasteiger charge is 2.30. The zero-order valence-corrected chi connectivity index (χ0v) is 14.6. The molecule has 1 aromatic rings. The number of rotatable bonds is 6. The van der Waals surface area contributed by atoms with Crippen LogP contribution in [0.15, 0.2) is 27.9 Å². The minimum absolute atomic E-state index is 0.0717. The Morgan fingerprint density at radius 3 is 2.91 bits per heavy atom. The van der Waals surface area contributed by atoms with Crippen molar-refractivity contribution in [3.63, 3.8) is 0 Å².